The van der Waals surface area contributed by atoms with Crippen LogP contribution in [-0.2, 0) is 19.1 Å². The maximum Gasteiger partial charge on any atom is 0.409 e. The van der Waals surface area contributed by atoms with Crippen LogP contribution in [0.3, 0.4) is 0 Å². The number of aromatic hydroxyl groups is 1. The van der Waals surface area contributed by atoms with Gasteiger partial charge in [0.2, 0.25) is 11.8 Å². The molecule has 3 amide bonds. The van der Waals surface area contributed by atoms with Crippen molar-refractivity contribution in [2.45, 2.75) is 52.2 Å². The van der Waals surface area contributed by atoms with E-state index in [-0.39, 0.29) is 57.0 Å². The highest BCUT2D eigenvalue weighted by Crippen LogP contribution is 2.19. The fraction of sp³-hybridized carbons (Fsp3) is 0.500. The minimum atomic E-state index is -1.11. The van der Waals surface area contributed by atoms with Gasteiger partial charge in [0, 0.05) is 38.7 Å². The summed E-state index contributed by atoms with van der Waals surface area (Å²) in [6.07, 6.45) is -0.651. The molecule has 0 aliphatic carbocycles. The largest absolute Gasteiger partial charge is 0.493 e. The molecule has 212 valence electrons. The summed E-state index contributed by atoms with van der Waals surface area (Å²) in [4.78, 5) is 53.8. The normalized spacial score (nSPS) is 14.5. The van der Waals surface area contributed by atoms with Crippen molar-refractivity contribution in [2.24, 2.45) is 0 Å². The van der Waals surface area contributed by atoms with Crippen LogP contribution >= 0.6 is 0 Å². The third kappa shape index (κ3) is 8.16. The number of nitrogens with zero attached hydrogens (tertiary/aromatic N) is 4. The van der Waals surface area contributed by atoms with E-state index in [1.165, 1.54) is 28.0 Å². The van der Waals surface area contributed by atoms with Gasteiger partial charge in [-0.2, -0.15) is 5.10 Å². The van der Waals surface area contributed by atoms with E-state index < -0.39 is 47.2 Å². The predicted molar refractivity (Wildman–Crippen MR) is 137 cm³/mol. The van der Waals surface area contributed by atoms with Gasteiger partial charge in [-0.3, -0.25) is 14.4 Å². The fourth-order valence-corrected chi connectivity index (χ4v) is 3.97. The molecule has 1 aliphatic heterocycles. The maximum absolute atomic E-state index is 13.6. The number of ether oxygens (including phenoxy) is 2. The smallest absolute Gasteiger partial charge is 0.409 e. The van der Waals surface area contributed by atoms with Gasteiger partial charge in [-0.15, -0.1) is 0 Å². The monoisotopic (exact) mass is 547 g/mol. The highest BCUT2D eigenvalue weighted by Gasteiger charge is 2.32. The summed E-state index contributed by atoms with van der Waals surface area (Å²) < 4.78 is 25.0. The average molecular weight is 548 g/mol. The number of benzene rings is 1. The first-order valence-electron chi connectivity index (χ1n) is 12.7. The molecule has 1 atom stereocenters. The molecule has 39 heavy (non-hydrogen) atoms. The first-order chi connectivity index (χ1) is 18.4. The van der Waals surface area contributed by atoms with Crippen LogP contribution in [0.2, 0.25) is 0 Å². The Kier molecular flexibility index (Phi) is 9.49. The van der Waals surface area contributed by atoms with E-state index in [4.69, 9.17) is 9.47 Å². The summed E-state index contributed by atoms with van der Waals surface area (Å²) in [6, 6.07) is 5.27. The summed E-state index contributed by atoms with van der Waals surface area (Å²) in [5, 5.41) is 16.9. The van der Waals surface area contributed by atoms with Gasteiger partial charge in [-0.25, -0.2) is 13.9 Å². The number of esters is 1. The Morgan fingerprint density at radius 1 is 1.10 bits per heavy atom. The van der Waals surface area contributed by atoms with Crippen LogP contribution in [0.4, 0.5) is 9.18 Å². The Labute approximate surface area is 225 Å². The van der Waals surface area contributed by atoms with E-state index in [0.717, 1.165) is 16.8 Å². The van der Waals surface area contributed by atoms with Gasteiger partial charge in [0.05, 0.1) is 12.3 Å². The lowest BCUT2D eigenvalue weighted by Crippen LogP contribution is -2.56. The summed E-state index contributed by atoms with van der Waals surface area (Å²) in [5.74, 6) is -2.70. The van der Waals surface area contributed by atoms with Gasteiger partial charge in [0.25, 0.3) is 5.91 Å². The molecule has 2 heterocycles. The molecule has 0 saturated carbocycles. The molecule has 1 aliphatic rings. The van der Waals surface area contributed by atoms with Crippen molar-refractivity contribution < 1.29 is 38.1 Å². The first kappa shape index (κ1) is 29.4. The van der Waals surface area contributed by atoms with Gasteiger partial charge in [0.15, 0.2) is 5.69 Å². The number of halogens is 1. The van der Waals surface area contributed by atoms with Gasteiger partial charge in [0.1, 0.15) is 17.5 Å². The predicted octanol–water partition coefficient (Wildman–Crippen LogP) is 2.24. The Morgan fingerprint density at radius 2 is 1.77 bits per heavy atom. The number of hydrogen-bond acceptors (Lipinski definition) is 8. The zero-order valence-corrected chi connectivity index (χ0v) is 22.5. The minimum Gasteiger partial charge on any atom is -0.493 e. The number of aromatic nitrogens is 2. The van der Waals surface area contributed by atoms with Crippen molar-refractivity contribution in [1.29, 1.82) is 0 Å². The number of piperazine rings is 1. The highest BCUT2D eigenvalue weighted by molar-refractivity contribution is 5.96. The number of carbonyl (C=O) groups is 4. The lowest BCUT2D eigenvalue weighted by Gasteiger charge is -2.36. The number of amides is 3. The molecule has 1 fully saturated rings. The highest BCUT2D eigenvalue weighted by atomic mass is 19.1. The van der Waals surface area contributed by atoms with Gasteiger partial charge >= 0.3 is 12.1 Å². The summed E-state index contributed by atoms with van der Waals surface area (Å²) in [6.45, 7) is 8.04. The van der Waals surface area contributed by atoms with E-state index in [0.29, 0.717) is 0 Å². The van der Waals surface area contributed by atoms with Crippen molar-refractivity contribution >= 4 is 23.9 Å². The Balaban J connectivity index is 1.74. The van der Waals surface area contributed by atoms with Crippen LogP contribution in [-0.4, -0.2) is 93.0 Å². The molecule has 1 saturated heterocycles. The second-order valence-corrected chi connectivity index (χ2v) is 9.94. The van der Waals surface area contributed by atoms with E-state index in [1.54, 1.807) is 27.7 Å². The molecule has 0 radical (unpaired) electrons. The fourth-order valence-electron chi connectivity index (χ4n) is 3.97. The van der Waals surface area contributed by atoms with Gasteiger partial charge in [-0.05, 0) is 52.3 Å². The van der Waals surface area contributed by atoms with Crippen LogP contribution in [0.1, 0.15) is 51.0 Å². The molecular weight excluding hydrogens is 513 g/mol. The average Bonchev–Trinajstić information content (AvgIpc) is 3.27. The Hall–Kier alpha value is -4.16. The maximum atomic E-state index is 13.6. The first-order valence-corrected chi connectivity index (χ1v) is 12.7. The van der Waals surface area contributed by atoms with Crippen molar-refractivity contribution in [3.05, 3.63) is 41.8 Å². The minimum absolute atomic E-state index is 0.0475. The van der Waals surface area contributed by atoms with E-state index in [9.17, 15) is 28.7 Å². The molecule has 1 aromatic carbocycles. The molecule has 2 N–H and O–H groups in total. The molecule has 1 unspecified atom stereocenters. The zero-order valence-electron chi connectivity index (χ0n) is 22.5. The summed E-state index contributed by atoms with van der Waals surface area (Å²) in [7, 11) is 0. The summed E-state index contributed by atoms with van der Waals surface area (Å²) >= 11 is 0. The number of nitrogens with one attached hydrogen (secondary N) is 1. The van der Waals surface area contributed by atoms with E-state index in [2.05, 4.69) is 10.4 Å². The molecule has 0 spiro atoms. The van der Waals surface area contributed by atoms with Gasteiger partial charge in [-0.1, -0.05) is 6.07 Å². The van der Waals surface area contributed by atoms with Crippen LogP contribution < -0.4 is 5.32 Å². The van der Waals surface area contributed by atoms with Gasteiger partial charge < -0.3 is 29.7 Å². The molecule has 3 rings (SSSR count). The van der Waals surface area contributed by atoms with Crippen LogP contribution in [0.5, 0.6) is 5.88 Å². The second-order valence-electron chi connectivity index (χ2n) is 9.94. The molecule has 13 heteroatoms. The second kappa shape index (κ2) is 12.6. The van der Waals surface area contributed by atoms with Crippen LogP contribution in [0.25, 0.3) is 5.69 Å². The van der Waals surface area contributed by atoms with Crippen LogP contribution in [0.15, 0.2) is 30.3 Å². The molecular formula is C26H34FN5O7. The third-order valence-corrected chi connectivity index (χ3v) is 5.75. The Bertz CT molecular complexity index is 1200. The van der Waals surface area contributed by atoms with E-state index in [1.807, 2.05) is 0 Å². The zero-order chi connectivity index (χ0) is 28.7. The number of carbonyl (C=O) groups excluding carboxylic acids is 4. The quantitative estimate of drug-likeness (QED) is 0.479. The van der Waals surface area contributed by atoms with Crippen molar-refractivity contribution in [1.82, 2.24) is 24.9 Å². The third-order valence-electron chi connectivity index (χ3n) is 5.75. The number of rotatable bonds is 8. The molecule has 1 aromatic heterocycles. The topological polar surface area (TPSA) is 143 Å². The molecule has 12 nitrogen and oxygen atoms in total. The molecule has 0 bridgehead atoms. The van der Waals surface area contributed by atoms with Crippen molar-refractivity contribution in [2.75, 3.05) is 32.8 Å². The SMILES string of the molecule is CCOC(=O)N1CCN(C(=O)C(CCC(=O)OC(C)(C)C)NC(=O)c2cc(O)n(-c3cccc(F)c3)n2)CC1. The molecule has 2 aromatic rings. The van der Waals surface area contributed by atoms with Crippen LogP contribution in [0, 0.1) is 5.82 Å². The van der Waals surface area contributed by atoms with Crippen molar-refractivity contribution in [3.8, 4) is 11.6 Å². The van der Waals surface area contributed by atoms with Crippen molar-refractivity contribution in [3.63, 3.8) is 0 Å². The number of hydrogen-bond donors (Lipinski definition) is 2. The van der Waals surface area contributed by atoms with E-state index >= 15 is 0 Å². The summed E-state index contributed by atoms with van der Waals surface area (Å²) in [5.41, 5.74) is -0.729. The Morgan fingerprint density at radius 3 is 2.38 bits per heavy atom. The lowest BCUT2D eigenvalue weighted by atomic mass is 10.1. The lowest BCUT2D eigenvalue weighted by molar-refractivity contribution is -0.155. The standard InChI is InChI=1S/C26H34FN5O7/c1-5-38-25(37)31-13-11-30(12-14-31)24(36)19(9-10-22(34)39-26(2,3)4)28-23(35)20-16-21(33)32(29-20)18-8-6-7-17(27)15-18/h6-8,15-16,19,33H,5,9-14H2,1-4H3,(H,28,35).